The molecule has 1 fully saturated rings. The second-order valence-corrected chi connectivity index (χ2v) is 5.01. The Kier molecular flexibility index (Phi) is 3.55. The van der Waals surface area contributed by atoms with Crippen LogP contribution in [0.4, 0.5) is 10.1 Å². The summed E-state index contributed by atoms with van der Waals surface area (Å²) in [4.78, 5) is 20.0. The molecule has 1 amide bonds. The van der Waals surface area contributed by atoms with Gasteiger partial charge in [-0.1, -0.05) is 0 Å². The molecular formula is C14H16FN5O. The third-order valence-corrected chi connectivity index (χ3v) is 3.57. The number of carbonyl (C=O) groups is 1. The van der Waals surface area contributed by atoms with Crippen molar-refractivity contribution in [2.45, 2.75) is 0 Å². The second-order valence-electron chi connectivity index (χ2n) is 5.01. The van der Waals surface area contributed by atoms with Gasteiger partial charge in [-0.15, -0.1) is 0 Å². The lowest BCUT2D eigenvalue weighted by Gasteiger charge is -2.35. The summed E-state index contributed by atoms with van der Waals surface area (Å²) in [5, 5.41) is 4.15. The Bertz CT molecular complexity index is 631. The molecule has 21 heavy (non-hydrogen) atoms. The van der Waals surface area contributed by atoms with E-state index in [0.717, 1.165) is 25.0 Å². The molecule has 0 atom stereocenters. The number of piperazine rings is 1. The Labute approximate surface area is 121 Å². The van der Waals surface area contributed by atoms with Crippen LogP contribution in [0.2, 0.25) is 0 Å². The number of nitrogens with zero attached hydrogens (tertiary/aromatic N) is 5. The van der Waals surface area contributed by atoms with Crippen molar-refractivity contribution < 1.29 is 9.18 Å². The van der Waals surface area contributed by atoms with Crippen LogP contribution < -0.4 is 4.90 Å². The number of aromatic nitrogens is 3. The summed E-state index contributed by atoms with van der Waals surface area (Å²) in [5.74, 6) is -0.589. The van der Waals surface area contributed by atoms with Crippen LogP contribution >= 0.6 is 0 Å². The first-order valence-electron chi connectivity index (χ1n) is 6.78. The fraction of sp³-hybridized carbons (Fsp3) is 0.357. The van der Waals surface area contributed by atoms with Crippen molar-refractivity contribution >= 4 is 11.6 Å². The quantitative estimate of drug-likeness (QED) is 0.825. The minimum Gasteiger partial charge on any atom is -0.365 e. The smallest absolute Gasteiger partial charge is 0.272 e. The van der Waals surface area contributed by atoms with Crippen molar-refractivity contribution in [3.8, 4) is 0 Å². The Hall–Kier alpha value is -2.44. The molecule has 0 bridgehead atoms. The number of pyridine rings is 1. The highest BCUT2D eigenvalue weighted by molar-refractivity contribution is 5.92. The van der Waals surface area contributed by atoms with Crippen LogP contribution in [-0.2, 0) is 7.05 Å². The van der Waals surface area contributed by atoms with Gasteiger partial charge in [0.2, 0.25) is 0 Å². The van der Waals surface area contributed by atoms with Gasteiger partial charge in [0.1, 0.15) is 11.5 Å². The monoisotopic (exact) mass is 289 g/mol. The lowest BCUT2D eigenvalue weighted by molar-refractivity contribution is 0.0741. The average molecular weight is 289 g/mol. The van der Waals surface area contributed by atoms with E-state index >= 15 is 0 Å². The summed E-state index contributed by atoms with van der Waals surface area (Å²) in [6, 6.07) is 2.68. The number of rotatable bonds is 2. The van der Waals surface area contributed by atoms with E-state index in [9.17, 15) is 9.18 Å². The van der Waals surface area contributed by atoms with Gasteiger partial charge in [-0.3, -0.25) is 9.48 Å². The highest BCUT2D eigenvalue weighted by Crippen LogP contribution is 2.15. The first-order valence-corrected chi connectivity index (χ1v) is 6.78. The molecule has 3 heterocycles. The molecule has 1 aliphatic rings. The predicted molar refractivity (Wildman–Crippen MR) is 75.5 cm³/mol. The Balaban J connectivity index is 1.63. The van der Waals surface area contributed by atoms with E-state index in [1.54, 1.807) is 9.58 Å². The molecule has 110 valence electrons. The first kappa shape index (κ1) is 13.5. The molecule has 2 aromatic heterocycles. The van der Waals surface area contributed by atoms with Crippen LogP contribution in [0.15, 0.2) is 30.7 Å². The van der Waals surface area contributed by atoms with Crippen molar-refractivity contribution in [2.75, 3.05) is 31.1 Å². The van der Waals surface area contributed by atoms with Crippen LogP contribution in [0.3, 0.4) is 0 Å². The molecule has 6 nitrogen and oxygen atoms in total. The van der Waals surface area contributed by atoms with Crippen LogP contribution in [0.25, 0.3) is 0 Å². The Morgan fingerprint density at radius 1 is 1.19 bits per heavy atom. The van der Waals surface area contributed by atoms with Gasteiger partial charge >= 0.3 is 0 Å². The topological polar surface area (TPSA) is 54.3 Å². The third kappa shape index (κ3) is 2.86. The largest absolute Gasteiger partial charge is 0.365 e. The Morgan fingerprint density at radius 2 is 1.95 bits per heavy atom. The van der Waals surface area contributed by atoms with Crippen LogP contribution in [-0.4, -0.2) is 51.8 Å². The van der Waals surface area contributed by atoms with Crippen molar-refractivity contribution in [3.63, 3.8) is 0 Å². The molecule has 0 saturated carbocycles. The fourth-order valence-corrected chi connectivity index (χ4v) is 2.40. The van der Waals surface area contributed by atoms with Crippen molar-refractivity contribution in [2.24, 2.45) is 7.05 Å². The van der Waals surface area contributed by atoms with E-state index in [1.165, 1.54) is 12.1 Å². The SMILES string of the molecule is Cn1cc(N2CCN(C(=O)c3ccc(F)cn3)CC2)cn1. The molecule has 3 rings (SSSR count). The van der Waals surface area contributed by atoms with E-state index in [1.807, 2.05) is 19.4 Å². The molecule has 1 saturated heterocycles. The summed E-state index contributed by atoms with van der Waals surface area (Å²) in [5.41, 5.74) is 1.34. The van der Waals surface area contributed by atoms with Gasteiger partial charge in [0.25, 0.3) is 5.91 Å². The number of hydrogen-bond acceptors (Lipinski definition) is 4. The maximum atomic E-state index is 12.8. The number of aryl methyl sites for hydroxylation is 1. The van der Waals surface area contributed by atoms with Crippen molar-refractivity contribution in [3.05, 3.63) is 42.2 Å². The highest BCUT2D eigenvalue weighted by atomic mass is 19.1. The minimum absolute atomic E-state index is 0.152. The first-order chi connectivity index (χ1) is 10.1. The molecule has 0 aromatic carbocycles. The molecule has 1 aliphatic heterocycles. The zero-order valence-corrected chi connectivity index (χ0v) is 11.7. The molecular weight excluding hydrogens is 273 g/mol. The zero-order chi connectivity index (χ0) is 14.8. The lowest BCUT2D eigenvalue weighted by Crippen LogP contribution is -2.48. The van der Waals surface area contributed by atoms with E-state index in [2.05, 4.69) is 15.0 Å². The zero-order valence-electron chi connectivity index (χ0n) is 11.7. The highest BCUT2D eigenvalue weighted by Gasteiger charge is 2.23. The van der Waals surface area contributed by atoms with Crippen LogP contribution in [0.5, 0.6) is 0 Å². The summed E-state index contributed by atoms with van der Waals surface area (Å²) >= 11 is 0. The number of hydrogen-bond donors (Lipinski definition) is 0. The number of amides is 1. The normalized spacial score (nSPS) is 15.3. The Morgan fingerprint density at radius 3 is 2.52 bits per heavy atom. The molecule has 0 radical (unpaired) electrons. The van der Waals surface area contributed by atoms with E-state index in [-0.39, 0.29) is 11.6 Å². The van der Waals surface area contributed by atoms with Gasteiger partial charge < -0.3 is 9.80 Å². The van der Waals surface area contributed by atoms with Crippen molar-refractivity contribution in [1.29, 1.82) is 0 Å². The summed E-state index contributed by atoms with van der Waals surface area (Å²) < 4.78 is 14.6. The maximum Gasteiger partial charge on any atom is 0.272 e. The van der Waals surface area contributed by atoms with Crippen LogP contribution in [0, 0.1) is 5.82 Å². The second kappa shape index (κ2) is 5.51. The molecule has 7 heteroatoms. The fourth-order valence-electron chi connectivity index (χ4n) is 2.40. The lowest BCUT2D eigenvalue weighted by atomic mass is 10.2. The van der Waals surface area contributed by atoms with E-state index in [0.29, 0.717) is 13.1 Å². The number of halogens is 1. The molecule has 2 aromatic rings. The van der Waals surface area contributed by atoms with Gasteiger partial charge in [0, 0.05) is 39.4 Å². The molecule has 0 aliphatic carbocycles. The summed E-state index contributed by atoms with van der Waals surface area (Å²) in [6.07, 6.45) is 4.84. The molecule has 0 N–H and O–H groups in total. The van der Waals surface area contributed by atoms with E-state index in [4.69, 9.17) is 0 Å². The predicted octanol–water partition coefficient (Wildman–Crippen LogP) is 0.917. The summed E-state index contributed by atoms with van der Waals surface area (Å²) in [7, 11) is 1.88. The third-order valence-electron chi connectivity index (χ3n) is 3.57. The van der Waals surface area contributed by atoms with Crippen molar-refractivity contribution in [1.82, 2.24) is 19.7 Å². The van der Waals surface area contributed by atoms with Gasteiger partial charge in [-0.2, -0.15) is 5.10 Å². The standard InChI is InChI=1S/C14H16FN5O/c1-18-10-12(9-17-18)19-4-6-20(7-5-19)14(21)13-3-2-11(15)8-16-13/h2-3,8-10H,4-7H2,1H3. The number of anilines is 1. The number of carbonyl (C=O) groups excluding carboxylic acids is 1. The maximum absolute atomic E-state index is 12.8. The average Bonchev–Trinajstić information content (AvgIpc) is 2.94. The molecule has 0 spiro atoms. The summed E-state index contributed by atoms with van der Waals surface area (Å²) in [6.45, 7) is 2.73. The van der Waals surface area contributed by atoms with Gasteiger partial charge in [-0.05, 0) is 12.1 Å². The van der Waals surface area contributed by atoms with Gasteiger partial charge in [-0.25, -0.2) is 9.37 Å². The minimum atomic E-state index is -0.437. The van der Waals surface area contributed by atoms with Gasteiger partial charge in [0.05, 0.1) is 18.1 Å². The van der Waals surface area contributed by atoms with E-state index < -0.39 is 5.82 Å². The van der Waals surface area contributed by atoms with Crippen LogP contribution in [0.1, 0.15) is 10.5 Å². The molecule has 0 unspecified atom stereocenters. The van der Waals surface area contributed by atoms with Gasteiger partial charge in [0.15, 0.2) is 0 Å².